The number of hydrogen-bond acceptors (Lipinski definition) is 2. The maximum atomic E-state index is 6.09. The van der Waals surface area contributed by atoms with Crippen LogP contribution in [0.15, 0.2) is 48.5 Å². The number of aryl methyl sites for hydroxylation is 1. The van der Waals surface area contributed by atoms with Crippen LogP contribution in [0.4, 0.5) is 5.69 Å². The highest BCUT2D eigenvalue weighted by molar-refractivity contribution is 7.80. The number of halogens is 1. The van der Waals surface area contributed by atoms with Crippen molar-refractivity contribution in [3.63, 3.8) is 0 Å². The Balaban J connectivity index is 1.58. The average Bonchev–Trinajstić information content (AvgIpc) is 2.55. The summed E-state index contributed by atoms with van der Waals surface area (Å²) in [5, 5.41) is 7.65. The Bertz CT molecular complexity index is 634. The molecule has 0 bridgehead atoms. The highest BCUT2D eigenvalue weighted by Crippen LogP contribution is 2.19. The van der Waals surface area contributed by atoms with E-state index in [0.717, 1.165) is 41.4 Å². The second kappa shape index (κ2) is 9.38. The predicted octanol–water partition coefficient (Wildman–Crippen LogP) is 4.79. The molecule has 0 atom stereocenters. The van der Waals surface area contributed by atoms with Gasteiger partial charge in [-0.1, -0.05) is 35.9 Å². The first-order chi connectivity index (χ1) is 11.1. The molecule has 23 heavy (non-hydrogen) atoms. The number of benzene rings is 2. The van der Waals surface area contributed by atoms with E-state index in [9.17, 15) is 0 Å². The van der Waals surface area contributed by atoms with Gasteiger partial charge in [-0.05, 0) is 61.8 Å². The number of thiocarbonyl (C=S) groups is 1. The molecule has 0 spiro atoms. The number of nitrogens with one attached hydrogen (secondary N) is 2. The summed E-state index contributed by atoms with van der Waals surface area (Å²) in [6.07, 6.45) is 1.96. The lowest BCUT2D eigenvalue weighted by Crippen LogP contribution is -2.29. The van der Waals surface area contributed by atoms with Crippen LogP contribution in [0.1, 0.15) is 18.4 Å². The van der Waals surface area contributed by atoms with E-state index in [0.29, 0.717) is 11.7 Å². The van der Waals surface area contributed by atoms with E-state index in [2.05, 4.69) is 10.6 Å². The lowest BCUT2D eigenvalue weighted by molar-refractivity contribution is 0.307. The second-order valence-electron chi connectivity index (χ2n) is 5.21. The van der Waals surface area contributed by atoms with E-state index in [1.807, 2.05) is 55.5 Å². The first kappa shape index (κ1) is 17.6. The Morgan fingerprint density at radius 3 is 2.65 bits per heavy atom. The van der Waals surface area contributed by atoms with Crippen molar-refractivity contribution in [1.29, 1.82) is 0 Å². The molecule has 0 saturated heterocycles. The molecule has 2 aromatic carbocycles. The fraction of sp³-hybridized carbons (Fsp3) is 0.278. The third kappa shape index (κ3) is 6.47. The summed E-state index contributed by atoms with van der Waals surface area (Å²) in [6.45, 7) is 3.49. The number of para-hydroxylation sites is 1. The van der Waals surface area contributed by atoms with Crippen LogP contribution in [0.5, 0.6) is 5.75 Å². The van der Waals surface area contributed by atoms with Crippen molar-refractivity contribution in [1.82, 2.24) is 5.32 Å². The molecular weight excluding hydrogens is 328 g/mol. The molecule has 5 heteroatoms. The molecule has 122 valence electrons. The van der Waals surface area contributed by atoms with Gasteiger partial charge in [-0.3, -0.25) is 0 Å². The van der Waals surface area contributed by atoms with E-state index in [4.69, 9.17) is 28.6 Å². The molecule has 0 fully saturated rings. The number of hydrogen-bond donors (Lipinski definition) is 2. The minimum Gasteiger partial charge on any atom is -0.494 e. The molecule has 0 unspecified atom stereocenters. The topological polar surface area (TPSA) is 33.3 Å². The molecule has 3 nitrogen and oxygen atoms in total. The van der Waals surface area contributed by atoms with Crippen molar-refractivity contribution in [3.8, 4) is 5.75 Å². The fourth-order valence-electron chi connectivity index (χ4n) is 1.98. The third-order valence-corrected chi connectivity index (χ3v) is 3.95. The Labute approximate surface area is 148 Å². The second-order valence-corrected chi connectivity index (χ2v) is 6.03. The van der Waals surface area contributed by atoms with Crippen LogP contribution in [0.25, 0.3) is 0 Å². The summed E-state index contributed by atoms with van der Waals surface area (Å²) in [6, 6.07) is 15.6. The van der Waals surface area contributed by atoms with Gasteiger partial charge in [-0.25, -0.2) is 0 Å². The Kier molecular flexibility index (Phi) is 7.17. The molecule has 2 aromatic rings. The van der Waals surface area contributed by atoms with Crippen LogP contribution in [0.2, 0.25) is 5.02 Å². The molecule has 0 aliphatic rings. The normalized spacial score (nSPS) is 10.2. The fourth-order valence-corrected chi connectivity index (χ4v) is 2.38. The number of unbranched alkanes of at least 4 members (excludes halogenated alkanes) is 1. The first-order valence-corrected chi connectivity index (χ1v) is 8.42. The smallest absolute Gasteiger partial charge is 0.170 e. The Hall–Kier alpha value is -1.78. The van der Waals surface area contributed by atoms with Crippen LogP contribution in [-0.4, -0.2) is 18.3 Å². The number of ether oxygens (including phenoxy) is 1. The van der Waals surface area contributed by atoms with Gasteiger partial charge in [0, 0.05) is 17.3 Å². The molecular formula is C18H21ClN2OS. The van der Waals surface area contributed by atoms with E-state index >= 15 is 0 Å². The zero-order chi connectivity index (χ0) is 16.5. The largest absolute Gasteiger partial charge is 0.494 e. The minimum atomic E-state index is 0.605. The summed E-state index contributed by atoms with van der Waals surface area (Å²) < 4.78 is 5.64. The van der Waals surface area contributed by atoms with Gasteiger partial charge in [0.15, 0.2) is 5.11 Å². The van der Waals surface area contributed by atoms with E-state index < -0.39 is 0 Å². The highest BCUT2D eigenvalue weighted by Gasteiger charge is 2.00. The lowest BCUT2D eigenvalue weighted by atomic mass is 10.2. The van der Waals surface area contributed by atoms with E-state index in [-0.39, 0.29) is 0 Å². The summed E-state index contributed by atoms with van der Waals surface area (Å²) in [4.78, 5) is 0. The van der Waals surface area contributed by atoms with Gasteiger partial charge in [-0.15, -0.1) is 0 Å². The van der Waals surface area contributed by atoms with Crippen molar-refractivity contribution < 1.29 is 4.74 Å². The van der Waals surface area contributed by atoms with Crippen LogP contribution < -0.4 is 15.4 Å². The molecule has 0 aliphatic carbocycles. The van der Waals surface area contributed by atoms with Crippen molar-refractivity contribution in [2.75, 3.05) is 18.5 Å². The first-order valence-electron chi connectivity index (χ1n) is 7.64. The molecule has 0 aliphatic heterocycles. The van der Waals surface area contributed by atoms with Crippen molar-refractivity contribution >= 4 is 34.6 Å². The monoisotopic (exact) mass is 348 g/mol. The summed E-state index contributed by atoms with van der Waals surface area (Å²) in [7, 11) is 0. The summed E-state index contributed by atoms with van der Waals surface area (Å²) in [5.41, 5.74) is 1.94. The predicted molar refractivity (Wildman–Crippen MR) is 102 cm³/mol. The quantitative estimate of drug-likeness (QED) is 0.556. The maximum Gasteiger partial charge on any atom is 0.170 e. The summed E-state index contributed by atoms with van der Waals surface area (Å²) in [5.74, 6) is 0.911. The SMILES string of the molecule is Cc1ccc(NC(=S)NCCCCOc2ccccc2)cc1Cl. The minimum absolute atomic E-state index is 0.605. The van der Waals surface area contributed by atoms with Crippen LogP contribution >= 0.6 is 23.8 Å². The van der Waals surface area contributed by atoms with Gasteiger partial charge in [0.2, 0.25) is 0 Å². The van der Waals surface area contributed by atoms with Crippen molar-refractivity contribution in [3.05, 3.63) is 59.1 Å². The molecule has 0 aromatic heterocycles. The molecule has 0 heterocycles. The molecule has 0 amide bonds. The standard InChI is InChI=1S/C18H21ClN2OS/c1-14-9-10-15(13-17(14)19)21-18(23)20-11-5-6-12-22-16-7-3-2-4-8-16/h2-4,7-10,13H,5-6,11-12H2,1H3,(H2,20,21,23). The number of rotatable bonds is 7. The Morgan fingerprint density at radius 1 is 1.13 bits per heavy atom. The third-order valence-electron chi connectivity index (χ3n) is 3.30. The van der Waals surface area contributed by atoms with Gasteiger partial charge in [0.05, 0.1) is 6.61 Å². The van der Waals surface area contributed by atoms with Gasteiger partial charge < -0.3 is 15.4 Å². The average molecular weight is 349 g/mol. The van der Waals surface area contributed by atoms with Crippen LogP contribution in [0, 0.1) is 6.92 Å². The van der Waals surface area contributed by atoms with Crippen molar-refractivity contribution in [2.24, 2.45) is 0 Å². The maximum absolute atomic E-state index is 6.09. The summed E-state index contributed by atoms with van der Waals surface area (Å²) >= 11 is 11.4. The molecule has 0 radical (unpaired) electrons. The molecule has 0 saturated carbocycles. The zero-order valence-corrected chi connectivity index (χ0v) is 14.7. The lowest BCUT2D eigenvalue weighted by Gasteiger charge is -2.11. The van der Waals surface area contributed by atoms with Crippen LogP contribution in [-0.2, 0) is 0 Å². The Morgan fingerprint density at radius 2 is 1.91 bits per heavy atom. The van der Waals surface area contributed by atoms with Crippen LogP contribution in [0.3, 0.4) is 0 Å². The van der Waals surface area contributed by atoms with Gasteiger partial charge >= 0.3 is 0 Å². The zero-order valence-electron chi connectivity index (χ0n) is 13.1. The van der Waals surface area contributed by atoms with Gasteiger partial charge in [0.1, 0.15) is 5.75 Å². The number of anilines is 1. The molecule has 2 N–H and O–H groups in total. The van der Waals surface area contributed by atoms with Gasteiger partial charge in [-0.2, -0.15) is 0 Å². The van der Waals surface area contributed by atoms with Gasteiger partial charge in [0.25, 0.3) is 0 Å². The van der Waals surface area contributed by atoms with E-state index in [1.165, 1.54) is 0 Å². The van der Waals surface area contributed by atoms with E-state index in [1.54, 1.807) is 0 Å². The van der Waals surface area contributed by atoms with Crippen molar-refractivity contribution in [2.45, 2.75) is 19.8 Å². The highest BCUT2D eigenvalue weighted by atomic mass is 35.5. The molecule has 2 rings (SSSR count).